The summed E-state index contributed by atoms with van der Waals surface area (Å²) in [5.41, 5.74) is 4.47. The summed E-state index contributed by atoms with van der Waals surface area (Å²) >= 11 is 0. The highest BCUT2D eigenvalue weighted by molar-refractivity contribution is 6.10. The van der Waals surface area contributed by atoms with Crippen LogP contribution < -0.4 is 15.0 Å². The molecular formula is C24H25N3O2. The van der Waals surface area contributed by atoms with Crippen LogP contribution in [0.2, 0.25) is 0 Å². The van der Waals surface area contributed by atoms with Gasteiger partial charge in [-0.05, 0) is 50.6 Å². The molecule has 0 spiro atoms. The highest BCUT2D eigenvalue weighted by Crippen LogP contribution is 2.41. The molecule has 0 unspecified atom stereocenters. The molecule has 0 radical (unpaired) electrons. The smallest absolute Gasteiger partial charge is 0.266 e. The third-order valence-electron chi connectivity index (χ3n) is 5.27. The molecule has 1 aliphatic rings. The lowest BCUT2D eigenvalue weighted by Gasteiger charge is -2.41. The molecule has 148 valence electrons. The monoisotopic (exact) mass is 387 g/mol. The van der Waals surface area contributed by atoms with Crippen molar-refractivity contribution in [2.75, 3.05) is 24.4 Å². The van der Waals surface area contributed by atoms with Gasteiger partial charge < -0.3 is 15.0 Å². The van der Waals surface area contributed by atoms with Crippen LogP contribution in [0.3, 0.4) is 0 Å². The SMILES string of the molecule is COc1cc2c(cc1/C=C(\C#N)C(=O)Nc1ccccc1)C(C)=CC(C)(C)N2C. The molecule has 1 N–H and O–H groups in total. The van der Waals surface area contributed by atoms with Crippen molar-refractivity contribution >= 4 is 28.9 Å². The van der Waals surface area contributed by atoms with Crippen molar-refractivity contribution in [1.82, 2.24) is 0 Å². The molecule has 0 aromatic heterocycles. The predicted molar refractivity (Wildman–Crippen MR) is 118 cm³/mol. The Morgan fingerprint density at radius 2 is 1.93 bits per heavy atom. The standard InChI is InChI=1S/C24H25N3O2/c1-16-14-24(2,3)27(4)21-13-22(29-5)17(12-20(16)21)11-18(15-25)23(28)26-19-9-7-6-8-10-19/h6-14H,1-5H3,(H,26,28)/b18-11+. The van der Waals surface area contributed by atoms with Crippen LogP contribution in [0, 0.1) is 11.3 Å². The second kappa shape index (κ2) is 7.84. The van der Waals surface area contributed by atoms with Crippen molar-refractivity contribution in [2.24, 2.45) is 0 Å². The predicted octanol–water partition coefficient (Wildman–Crippen LogP) is 4.87. The molecule has 0 bridgehead atoms. The fourth-order valence-electron chi connectivity index (χ4n) is 3.51. The molecule has 29 heavy (non-hydrogen) atoms. The maximum absolute atomic E-state index is 12.6. The quantitative estimate of drug-likeness (QED) is 0.600. The number of nitrogens with zero attached hydrogens (tertiary/aromatic N) is 2. The molecule has 1 aliphatic heterocycles. The summed E-state index contributed by atoms with van der Waals surface area (Å²) in [6.45, 7) is 6.38. The van der Waals surface area contributed by atoms with Crippen molar-refractivity contribution in [1.29, 1.82) is 5.26 Å². The summed E-state index contributed by atoms with van der Waals surface area (Å²) in [6, 6.07) is 15.0. The van der Waals surface area contributed by atoms with E-state index in [2.05, 4.69) is 37.1 Å². The van der Waals surface area contributed by atoms with Gasteiger partial charge in [-0.25, -0.2) is 0 Å². The van der Waals surface area contributed by atoms with E-state index >= 15 is 0 Å². The van der Waals surface area contributed by atoms with Crippen molar-refractivity contribution in [2.45, 2.75) is 26.3 Å². The van der Waals surface area contributed by atoms with E-state index in [4.69, 9.17) is 4.74 Å². The number of nitriles is 1. The summed E-state index contributed by atoms with van der Waals surface area (Å²) in [7, 11) is 3.64. The molecule has 5 heteroatoms. The number of rotatable bonds is 4. The van der Waals surface area contributed by atoms with Crippen LogP contribution in [0.5, 0.6) is 5.75 Å². The third kappa shape index (κ3) is 4.02. The minimum atomic E-state index is -0.455. The van der Waals surface area contributed by atoms with Gasteiger partial charge in [0, 0.05) is 35.6 Å². The Morgan fingerprint density at radius 1 is 1.24 bits per heavy atom. The number of likely N-dealkylation sites (N-methyl/N-ethyl adjacent to an activating group) is 1. The summed E-state index contributed by atoms with van der Waals surface area (Å²) in [6.07, 6.45) is 3.78. The lowest BCUT2D eigenvalue weighted by molar-refractivity contribution is -0.112. The Balaban J connectivity index is 2.03. The van der Waals surface area contributed by atoms with Gasteiger partial charge in [0.25, 0.3) is 5.91 Å². The van der Waals surface area contributed by atoms with Crippen LogP contribution in [0.1, 0.15) is 31.9 Å². The number of carbonyl (C=O) groups excluding carboxylic acids is 1. The molecule has 0 saturated heterocycles. The van der Waals surface area contributed by atoms with Crippen LogP contribution in [0.25, 0.3) is 11.6 Å². The second-order valence-corrected chi connectivity index (χ2v) is 7.64. The largest absolute Gasteiger partial charge is 0.496 e. The Bertz CT molecular complexity index is 1040. The van der Waals surface area contributed by atoms with E-state index in [1.54, 1.807) is 25.3 Å². The molecule has 0 fully saturated rings. The van der Waals surface area contributed by atoms with Gasteiger partial charge in [0.1, 0.15) is 17.4 Å². The third-order valence-corrected chi connectivity index (χ3v) is 5.27. The lowest BCUT2D eigenvalue weighted by Crippen LogP contribution is -2.42. The van der Waals surface area contributed by atoms with Gasteiger partial charge in [-0.1, -0.05) is 24.3 Å². The topological polar surface area (TPSA) is 65.4 Å². The number of hydrogen-bond donors (Lipinski definition) is 1. The second-order valence-electron chi connectivity index (χ2n) is 7.64. The van der Waals surface area contributed by atoms with Gasteiger partial charge in [-0.15, -0.1) is 0 Å². The number of methoxy groups -OCH3 is 1. The summed E-state index contributed by atoms with van der Waals surface area (Å²) in [5.74, 6) is 0.158. The minimum Gasteiger partial charge on any atom is -0.496 e. The maximum Gasteiger partial charge on any atom is 0.266 e. The first-order valence-electron chi connectivity index (χ1n) is 9.40. The molecule has 5 nitrogen and oxygen atoms in total. The average molecular weight is 387 g/mol. The molecule has 0 saturated carbocycles. The molecule has 2 aromatic rings. The first-order chi connectivity index (χ1) is 13.8. The fraction of sp³-hybridized carbons (Fsp3) is 0.250. The van der Waals surface area contributed by atoms with E-state index in [0.29, 0.717) is 17.0 Å². The van der Waals surface area contributed by atoms with Crippen molar-refractivity contribution < 1.29 is 9.53 Å². The van der Waals surface area contributed by atoms with Crippen molar-refractivity contribution in [3.63, 3.8) is 0 Å². The van der Waals surface area contributed by atoms with E-state index in [1.807, 2.05) is 43.4 Å². The van der Waals surface area contributed by atoms with Crippen LogP contribution >= 0.6 is 0 Å². The fourth-order valence-corrected chi connectivity index (χ4v) is 3.51. The highest BCUT2D eigenvalue weighted by Gasteiger charge is 2.29. The summed E-state index contributed by atoms with van der Waals surface area (Å²) < 4.78 is 5.57. The van der Waals surface area contributed by atoms with Crippen LogP contribution in [-0.4, -0.2) is 25.6 Å². The Hall–Kier alpha value is -3.52. The van der Waals surface area contributed by atoms with Gasteiger partial charge in [0.2, 0.25) is 0 Å². The number of anilines is 2. The number of ether oxygens (including phenoxy) is 1. The maximum atomic E-state index is 12.6. The zero-order chi connectivity index (χ0) is 21.2. The van der Waals surface area contributed by atoms with E-state index in [0.717, 1.165) is 16.8 Å². The number of fused-ring (bicyclic) bond motifs is 1. The van der Waals surface area contributed by atoms with Crippen LogP contribution in [-0.2, 0) is 4.79 Å². The number of hydrogen-bond acceptors (Lipinski definition) is 4. The van der Waals surface area contributed by atoms with Gasteiger partial charge in [0.05, 0.1) is 12.6 Å². The van der Waals surface area contributed by atoms with E-state index in [9.17, 15) is 10.1 Å². The number of allylic oxidation sites excluding steroid dienone is 1. The zero-order valence-electron chi connectivity index (χ0n) is 17.4. The van der Waals surface area contributed by atoms with Gasteiger partial charge >= 0.3 is 0 Å². The van der Waals surface area contributed by atoms with E-state index in [1.165, 1.54) is 0 Å². The van der Waals surface area contributed by atoms with Gasteiger partial charge in [0.15, 0.2) is 0 Å². The number of para-hydroxylation sites is 1. The zero-order valence-corrected chi connectivity index (χ0v) is 17.4. The van der Waals surface area contributed by atoms with Crippen LogP contribution in [0.4, 0.5) is 11.4 Å². The van der Waals surface area contributed by atoms with Crippen molar-refractivity contribution in [3.05, 3.63) is 65.2 Å². The molecule has 0 aliphatic carbocycles. The first kappa shape index (κ1) is 20.2. The van der Waals surface area contributed by atoms with E-state index < -0.39 is 5.91 Å². The average Bonchev–Trinajstić information content (AvgIpc) is 2.70. The summed E-state index contributed by atoms with van der Waals surface area (Å²) in [4.78, 5) is 14.8. The minimum absolute atomic E-state index is 0.0122. The molecular weight excluding hydrogens is 362 g/mol. The summed E-state index contributed by atoms with van der Waals surface area (Å²) in [5, 5.41) is 12.3. The Labute approximate surface area is 171 Å². The number of carbonyl (C=O) groups is 1. The Morgan fingerprint density at radius 3 is 2.55 bits per heavy atom. The van der Waals surface area contributed by atoms with Crippen LogP contribution in [0.15, 0.2) is 54.1 Å². The normalized spacial score (nSPS) is 15.1. The highest BCUT2D eigenvalue weighted by atomic mass is 16.5. The first-order valence-corrected chi connectivity index (χ1v) is 9.40. The number of amides is 1. The van der Waals surface area contributed by atoms with Gasteiger partial charge in [-0.3, -0.25) is 4.79 Å². The Kier molecular flexibility index (Phi) is 5.47. The van der Waals surface area contributed by atoms with Gasteiger partial charge in [-0.2, -0.15) is 5.26 Å². The van der Waals surface area contributed by atoms with Crippen molar-refractivity contribution in [3.8, 4) is 11.8 Å². The molecule has 3 rings (SSSR count). The molecule has 1 amide bonds. The lowest BCUT2D eigenvalue weighted by atomic mass is 9.88. The van der Waals surface area contributed by atoms with E-state index in [-0.39, 0.29) is 11.1 Å². The number of benzene rings is 2. The molecule has 0 atom stereocenters. The number of nitrogens with one attached hydrogen (secondary N) is 1. The molecule has 2 aromatic carbocycles. The molecule has 1 heterocycles.